The summed E-state index contributed by atoms with van der Waals surface area (Å²) >= 11 is 2.27. The highest BCUT2D eigenvalue weighted by molar-refractivity contribution is 14.1. The minimum absolute atomic E-state index is 0.394. The van der Waals surface area contributed by atoms with Gasteiger partial charge in [-0.25, -0.2) is 0 Å². The Morgan fingerprint density at radius 3 is 2.77 bits per heavy atom. The number of rotatable bonds is 5. The molecule has 0 saturated heterocycles. The number of halogens is 1. The molecule has 0 unspecified atom stereocenters. The Hall–Kier alpha value is -0.170. The number of nitrogens with zero attached hydrogens (tertiary/aromatic N) is 2. The third-order valence-corrected chi connectivity index (χ3v) is 2.00. The number of hydrogen-bond acceptors (Lipinski definition) is 3. The first-order valence-corrected chi connectivity index (χ1v) is 5.81. The Labute approximate surface area is 91.6 Å². The van der Waals surface area contributed by atoms with E-state index >= 15 is 0 Å². The third-order valence-electron chi connectivity index (χ3n) is 1.56. The average molecular weight is 295 g/mol. The number of hydrogen-bond donors (Lipinski definition) is 1. The molecule has 1 aromatic heterocycles. The summed E-state index contributed by atoms with van der Waals surface area (Å²) < 4.78 is 6.32. The van der Waals surface area contributed by atoms with Crippen molar-refractivity contribution in [3.8, 4) is 0 Å². The van der Waals surface area contributed by atoms with E-state index in [1.54, 1.807) is 0 Å². The molecular weight excluding hydrogens is 281 g/mol. The molecule has 0 bridgehead atoms. The molecule has 4 nitrogen and oxygen atoms in total. The molecule has 1 aromatic rings. The van der Waals surface area contributed by atoms with Gasteiger partial charge < -0.3 is 9.72 Å². The fourth-order valence-electron chi connectivity index (χ4n) is 0.860. The predicted octanol–water partition coefficient (Wildman–Crippen LogP) is 1.88. The lowest BCUT2D eigenvalue weighted by Gasteiger charge is -1.98. The SMILES string of the molecule is CC(C)c1nnc(COCCI)[nH]1. The fourth-order valence-corrected chi connectivity index (χ4v) is 1.17. The number of nitrogens with one attached hydrogen (secondary N) is 1. The van der Waals surface area contributed by atoms with Crippen LogP contribution in [0, 0.1) is 0 Å². The molecule has 5 heteroatoms. The molecule has 0 spiro atoms. The van der Waals surface area contributed by atoms with Gasteiger partial charge in [0, 0.05) is 10.3 Å². The number of aromatic amines is 1. The zero-order chi connectivity index (χ0) is 9.68. The largest absolute Gasteiger partial charge is 0.373 e. The lowest BCUT2D eigenvalue weighted by Crippen LogP contribution is -1.98. The summed E-state index contributed by atoms with van der Waals surface area (Å²) in [7, 11) is 0. The summed E-state index contributed by atoms with van der Waals surface area (Å²) in [5.74, 6) is 2.13. The van der Waals surface area contributed by atoms with Gasteiger partial charge in [-0.2, -0.15) is 0 Å². The molecule has 0 radical (unpaired) electrons. The van der Waals surface area contributed by atoms with E-state index in [1.165, 1.54) is 0 Å². The molecule has 0 aromatic carbocycles. The summed E-state index contributed by atoms with van der Waals surface area (Å²) in [6.07, 6.45) is 0. The van der Waals surface area contributed by atoms with Crippen molar-refractivity contribution in [2.75, 3.05) is 11.0 Å². The molecule has 0 amide bonds. The molecule has 0 aliphatic rings. The van der Waals surface area contributed by atoms with Crippen LogP contribution in [0.2, 0.25) is 0 Å². The van der Waals surface area contributed by atoms with E-state index in [4.69, 9.17) is 4.74 Å². The fraction of sp³-hybridized carbons (Fsp3) is 0.750. The van der Waals surface area contributed by atoms with Crippen LogP contribution in [0.25, 0.3) is 0 Å². The van der Waals surface area contributed by atoms with E-state index in [0.29, 0.717) is 12.5 Å². The minimum Gasteiger partial charge on any atom is -0.373 e. The lowest BCUT2D eigenvalue weighted by molar-refractivity contribution is 0.132. The normalized spacial score (nSPS) is 11.1. The number of ether oxygens (including phenoxy) is 1. The zero-order valence-corrected chi connectivity index (χ0v) is 10.0. The molecular formula is C8H14IN3O. The predicted molar refractivity (Wildman–Crippen MR) is 59.0 cm³/mol. The van der Waals surface area contributed by atoms with Gasteiger partial charge >= 0.3 is 0 Å². The van der Waals surface area contributed by atoms with Gasteiger partial charge in [-0.05, 0) is 0 Å². The van der Waals surface area contributed by atoms with E-state index in [2.05, 4.69) is 51.6 Å². The average Bonchev–Trinajstić information content (AvgIpc) is 2.53. The maximum atomic E-state index is 5.32. The van der Waals surface area contributed by atoms with Crippen LogP contribution in [-0.2, 0) is 11.3 Å². The van der Waals surface area contributed by atoms with Crippen LogP contribution in [0.1, 0.15) is 31.4 Å². The van der Waals surface area contributed by atoms with Crippen molar-refractivity contribution < 1.29 is 4.74 Å². The maximum absolute atomic E-state index is 5.32. The van der Waals surface area contributed by atoms with E-state index in [9.17, 15) is 0 Å². The van der Waals surface area contributed by atoms with Crippen LogP contribution < -0.4 is 0 Å². The van der Waals surface area contributed by atoms with Gasteiger partial charge in [0.15, 0.2) is 5.82 Å². The van der Waals surface area contributed by atoms with Crippen molar-refractivity contribution in [3.63, 3.8) is 0 Å². The first-order valence-electron chi connectivity index (χ1n) is 4.29. The molecule has 1 N–H and O–H groups in total. The van der Waals surface area contributed by atoms with Gasteiger partial charge in [-0.3, -0.25) is 0 Å². The van der Waals surface area contributed by atoms with Crippen LogP contribution in [0.5, 0.6) is 0 Å². The second-order valence-electron chi connectivity index (χ2n) is 3.05. The van der Waals surface area contributed by atoms with Crippen molar-refractivity contribution in [3.05, 3.63) is 11.6 Å². The lowest BCUT2D eigenvalue weighted by atomic mass is 10.2. The van der Waals surface area contributed by atoms with Crippen molar-refractivity contribution in [2.24, 2.45) is 0 Å². The molecule has 13 heavy (non-hydrogen) atoms. The Bertz CT molecular complexity index is 249. The molecule has 74 valence electrons. The number of alkyl halides is 1. The van der Waals surface area contributed by atoms with Crippen LogP contribution in [0.3, 0.4) is 0 Å². The van der Waals surface area contributed by atoms with Crippen LogP contribution in [0.4, 0.5) is 0 Å². The first-order chi connectivity index (χ1) is 6.24. The Morgan fingerprint density at radius 1 is 1.46 bits per heavy atom. The molecule has 0 saturated carbocycles. The highest BCUT2D eigenvalue weighted by Crippen LogP contribution is 2.07. The standard InChI is InChI=1S/C8H14IN3O/c1-6(2)8-10-7(11-12-8)5-13-4-3-9/h6H,3-5H2,1-2H3,(H,10,11,12). The summed E-state index contributed by atoms with van der Waals surface area (Å²) in [4.78, 5) is 3.12. The van der Waals surface area contributed by atoms with Crippen molar-refractivity contribution >= 4 is 22.6 Å². The van der Waals surface area contributed by atoms with Gasteiger partial charge in [0.2, 0.25) is 0 Å². The van der Waals surface area contributed by atoms with Gasteiger partial charge in [-0.1, -0.05) is 36.4 Å². The van der Waals surface area contributed by atoms with Crippen molar-refractivity contribution in [1.82, 2.24) is 15.2 Å². The Balaban J connectivity index is 2.40. The Kier molecular flexibility index (Phi) is 4.65. The first kappa shape index (κ1) is 10.9. The van der Waals surface area contributed by atoms with Crippen LogP contribution in [-0.4, -0.2) is 26.2 Å². The zero-order valence-electron chi connectivity index (χ0n) is 7.88. The molecule has 0 fully saturated rings. The van der Waals surface area contributed by atoms with E-state index in [-0.39, 0.29) is 0 Å². The van der Waals surface area contributed by atoms with Gasteiger partial charge in [0.05, 0.1) is 6.61 Å². The molecule has 0 aliphatic heterocycles. The maximum Gasteiger partial charge on any atom is 0.156 e. The smallest absolute Gasteiger partial charge is 0.156 e. The number of aromatic nitrogens is 3. The third kappa shape index (κ3) is 3.60. The van der Waals surface area contributed by atoms with Gasteiger partial charge in [0.1, 0.15) is 12.4 Å². The van der Waals surface area contributed by atoms with Gasteiger partial charge in [-0.15, -0.1) is 10.2 Å². The summed E-state index contributed by atoms with van der Waals surface area (Å²) in [5.41, 5.74) is 0. The Morgan fingerprint density at radius 2 is 2.23 bits per heavy atom. The second-order valence-corrected chi connectivity index (χ2v) is 4.13. The van der Waals surface area contributed by atoms with Gasteiger partial charge in [0.25, 0.3) is 0 Å². The van der Waals surface area contributed by atoms with Crippen molar-refractivity contribution in [1.29, 1.82) is 0 Å². The summed E-state index contributed by atoms with van der Waals surface area (Å²) in [6.45, 7) is 5.45. The van der Waals surface area contributed by atoms with Crippen LogP contribution >= 0.6 is 22.6 Å². The van der Waals surface area contributed by atoms with E-state index in [0.717, 1.165) is 22.7 Å². The van der Waals surface area contributed by atoms with E-state index < -0.39 is 0 Å². The molecule has 0 aliphatic carbocycles. The second kappa shape index (κ2) is 5.54. The molecule has 0 atom stereocenters. The highest BCUT2D eigenvalue weighted by Gasteiger charge is 2.05. The highest BCUT2D eigenvalue weighted by atomic mass is 127. The van der Waals surface area contributed by atoms with E-state index in [1.807, 2.05) is 0 Å². The summed E-state index contributed by atoms with van der Waals surface area (Å²) in [6, 6.07) is 0. The summed E-state index contributed by atoms with van der Waals surface area (Å²) in [5, 5.41) is 7.98. The van der Waals surface area contributed by atoms with Crippen LogP contribution in [0.15, 0.2) is 0 Å². The topological polar surface area (TPSA) is 50.8 Å². The minimum atomic E-state index is 0.394. The van der Waals surface area contributed by atoms with Crippen molar-refractivity contribution in [2.45, 2.75) is 26.4 Å². The quantitative estimate of drug-likeness (QED) is 0.512. The monoisotopic (exact) mass is 295 g/mol. The molecule has 1 rings (SSSR count). The molecule has 1 heterocycles. The number of H-pyrrole nitrogens is 1.